The Morgan fingerprint density at radius 1 is 1.10 bits per heavy atom. The van der Waals surface area contributed by atoms with Gasteiger partial charge in [0.05, 0.1) is 18.3 Å². The Labute approximate surface area is 245 Å². The van der Waals surface area contributed by atoms with Crippen LogP contribution in [0.2, 0.25) is 0 Å². The van der Waals surface area contributed by atoms with E-state index >= 15 is 4.39 Å². The van der Waals surface area contributed by atoms with Crippen molar-refractivity contribution in [1.82, 2.24) is 24.7 Å². The maximum atomic E-state index is 16.6. The first-order chi connectivity index (χ1) is 20.1. The molecule has 3 aromatic heterocycles. The molecule has 218 valence electrons. The lowest BCUT2D eigenvalue weighted by atomic mass is 10.00. The predicted octanol–water partition coefficient (Wildman–Crippen LogP) is 7.41. The van der Waals surface area contributed by atoms with Gasteiger partial charge in [0.15, 0.2) is 17.2 Å². The van der Waals surface area contributed by atoms with Crippen LogP contribution in [0.3, 0.4) is 0 Å². The third-order valence-electron chi connectivity index (χ3n) is 8.16. The molecule has 0 N–H and O–H groups in total. The molecule has 6 rings (SSSR count). The number of hydrogen-bond acceptors (Lipinski definition) is 8. The standard InChI is InChI=1S/C31H39FN6O2S/c1-4-6-7-11-20-18-37(15-5-2)29-25-28(35-31(36-29)41-3)26(32)27(34-30(25)40-19-20)21-12-10-13-23-22(21)17-33-38(23)24-14-8-9-16-39-24/h10,12-13,17,20,24H,4-9,11,14-16,18-19H2,1-3H3. The van der Waals surface area contributed by atoms with Gasteiger partial charge in [-0.1, -0.05) is 57.0 Å². The van der Waals surface area contributed by atoms with Crippen molar-refractivity contribution >= 4 is 39.4 Å². The SMILES string of the molecule is CCCCCC1COc2nc(-c3cccc4c3cnn4C3CCCCO3)c(F)c3nc(SC)nc(c23)N(CCC)C1. The van der Waals surface area contributed by atoms with Crippen LogP contribution in [-0.2, 0) is 4.74 Å². The van der Waals surface area contributed by atoms with E-state index in [0.717, 1.165) is 74.9 Å². The molecule has 0 saturated carbocycles. The second-order valence-electron chi connectivity index (χ2n) is 11.1. The summed E-state index contributed by atoms with van der Waals surface area (Å²) in [5, 5.41) is 6.60. The minimum atomic E-state index is -0.461. The molecule has 8 nitrogen and oxygen atoms in total. The molecule has 1 fully saturated rings. The fourth-order valence-electron chi connectivity index (χ4n) is 6.10. The Kier molecular flexibility index (Phi) is 8.57. The summed E-state index contributed by atoms with van der Waals surface area (Å²) in [6.07, 6.45) is 12.2. The predicted molar refractivity (Wildman–Crippen MR) is 162 cm³/mol. The quantitative estimate of drug-likeness (QED) is 0.115. The summed E-state index contributed by atoms with van der Waals surface area (Å²) in [4.78, 5) is 16.7. The molecule has 2 unspecified atom stereocenters. The summed E-state index contributed by atoms with van der Waals surface area (Å²) in [5.41, 5.74) is 2.05. The fraction of sp³-hybridized carbons (Fsp3) is 0.548. The van der Waals surface area contributed by atoms with E-state index in [0.29, 0.717) is 34.5 Å². The average molecular weight is 579 g/mol. The third kappa shape index (κ3) is 5.48. The average Bonchev–Trinajstić information content (AvgIpc) is 3.44. The van der Waals surface area contributed by atoms with Crippen LogP contribution in [-0.4, -0.2) is 57.3 Å². The van der Waals surface area contributed by atoms with Crippen LogP contribution in [0.15, 0.2) is 29.6 Å². The second kappa shape index (κ2) is 12.5. The van der Waals surface area contributed by atoms with E-state index in [9.17, 15) is 0 Å². The summed E-state index contributed by atoms with van der Waals surface area (Å²) >= 11 is 1.42. The maximum absolute atomic E-state index is 16.6. The molecule has 1 aromatic carbocycles. The largest absolute Gasteiger partial charge is 0.477 e. The van der Waals surface area contributed by atoms with Crippen molar-refractivity contribution in [3.8, 4) is 17.1 Å². The number of fused-ring (bicyclic) bond motifs is 1. The van der Waals surface area contributed by atoms with Crippen molar-refractivity contribution in [1.29, 1.82) is 0 Å². The molecule has 0 aliphatic carbocycles. The van der Waals surface area contributed by atoms with E-state index in [4.69, 9.17) is 19.4 Å². The van der Waals surface area contributed by atoms with Gasteiger partial charge in [-0.15, -0.1) is 0 Å². The van der Waals surface area contributed by atoms with Crippen molar-refractivity contribution in [2.75, 3.05) is 37.5 Å². The number of ether oxygens (including phenoxy) is 2. The summed E-state index contributed by atoms with van der Waals surface area (Å²) in [5.74, 6) is 0.989. The first-order valence-corrected chi connectivity index (χ1v) is 16.3. The number of thioether (sulfide) groups is 1. The zero-order valence-corrected chi connectivity index (χ0v) is 25.1. The molecule has 0 radical (unpaired) electrons. The molecule has 41 heavy (non-hydrogen) atoms. The van der Waals surface area contributed by atoms with Crippen molar-refractivity contribution < 1.29 is 13.9 Å². The van der Waals surface area contributed by atoms with Gasteiger partial charge < -0.3 is 14.4 Å². The molecule has 0 spiro atoms. The molecule has 0 bridgehead atoms. The van der Waals surface area contributed by atoms with Crippen LogP contribution in [0.25, 0.3) is 33.1 Å². The van der Waals surface area contributed by atoms with Gasteiger partial charge in [-0.3, -0.25) is 0 Å². The molecular formula is C31H39FN6O2S. The number of unbranched alkanes of at least 4 members (excludes halogenated alkanes) is 2. The van der Waals surface area contributed by atoms with E-state index in [1.54, 1.807) is 6.20 Å². The number of pyridine rings is 1. The van der Waals surface area contributed by atoms with Crippen molar-refractivity contribution in [3.05, 3.63) is 30.2 Å². The maximum Gasteiger partial charge on any atom is 0.227 e. The molecule has 0 amide bonds. The highest BCUT2D eigenvalue weighted by Crippen LogP contribution is 2.41. The molecule has 10 heteroatoms. The topological polar surface area (TPSA) is 78.2 Å². The van der Waals surface area contributed by atoms with E-state index in [1.807, 2.05) is 29.1 Å². The van der Waals surface area contributed by atoms with Crippen LogP contribution < -0.4 is 9.64 Å². The Bertz CT molecular complexity index is 1520. The number of aromatic nitrogens is 5. The highest BCUT2D eigenvalue weighted by molar-refractivity contribution is 7.98. The Balaban J connectivity index is 1.51. The monoisotopic (exact) mass is 578 g/mol. The first-order valence-electron chi connectivity index (χ1n) is 15.0. The highest BCUT2D eigenvalue weighted by atomic mass is 32.2. The smallest absolute Gasteiger partial charge is 0.227 e. The lowest BCUT2D eigenvalue weighted by Crippen LogP contribution is -2.35. The van der Waals surface area contributed by atoms with Gasteiger partial charge in [0.1, 0.15) is 22.4 Å². The number of hydrogen-bond donors (Lipinski definition) is 0. The van der Waals surface area contributed by atoms with Crippen LogP contribution in [0.4, 0.5) is 10.2 Å². The number of anilines is 1. The Morgan fingerprint density at radius 3 is 2.78 bits per heavy atom. The summed E-state index contributed by atoms with van der Waals surface area (Å²) < 4.78 is 31.0. The van der Waals surface area contributed by atoms with Crippen LogP contribution in [0.5, 0.6) is 5.88 Å². The van der Waals surface area contributed by atoms with E-state index in [1.165, 1.54) is 24.6 Å². The van der Waals surface area contributed by atoms with Gasteiger partial charge in [-0.25, -0.2) is 24.0 Å². The summed E-state index contributed by atoms with van der Waals surface area (Å²) in [7, 11) is 0. The molecule has 5 heterocycles. The van der Waals surface area contributed by atoms with Gasteiger partial charge in [-0.2, -0.15) is 5.10 Å². The van der Waals surface area contributed by atoms with Crippen molar-refractivity contribution in [3.63, 3.8) is 0 Å². The molecule has 1 saturated heterocycles. The van der Waals surface area contributed by atoms with Crippen LogP contribution in [0.1, 0.15) is 71.4 Å². The number of rotatable bonds is 9. The zero-order valence-electron chi connectivity index (χ0n) is 24.2. The molecule has 2 aliphatic rings. The minimum Gasteiger partial charge on any atom is -0.477 e. The van der Waals surface area contributed by atoms with Crippen molar-refractivity contribution in [2.45, 2.75) is 76.6 Å². The van der Waals surface area contributed by atoms with E-state index < -0.39 is 5.82 Å². The third-order valence-corrected chi connectivity index (χ3v) is 8.71. The second-order valence-corrected chi connectivity index (χ2v) is 11.9. The zero-order chi connectivity index (χ0) is 28.3. The fourth-order valence-corrected chi connectivity index (χ4v) is 6.46. The lowest BCUT2D eigenvalue weighted by molar-refractivity contribution is -0.0366. The number of benzene rings is 1. The number of nitrogens with zero attached hydrogens (tertiary/aromatic N) is 6. The number of halogens is 1. The Hall–Kier alpha value is -2.98. The van der Waals surface area contributed by atoms with Crippen molar-refractivity contribution in [2.24, 2.45) is 5.92 Å². The van der Waals surface area contributed by atoms with Crippen LogP contribution in [0, 0.1) is 11.7 Å². The Morgan fingerprint density at radius 2 is 2.00 bits per heavy atom. The molecule has 2 atom stereocenters. The van der Waals surface area contributed by atoms with Gasteiger partial charge >= 0.3 is 0 Å². The van der Waals surface area contributed by atoms with Gasteiger partial charge in [0.25, 0.3) is 0 Å². The van der Waals surface area contributed by atoms with E-state index in [-0.39, 0.29) is 17.4 Å². The van der Waals surface area contributed by atoms with E-state index in [2.05, 4.69) is 28.8 Å². The lowest BCUT2D eigenvalue weighted by Gasteiger charge is -2.32. The summed E-state index contributed by atoms with van der Waals surface area (Å²) in [6, 6.07) is 5.84. The summed E-state index contributed by atoms with van der Waals surface area (Å²) in [6.45, 7) is 7.29. The van der Waals surface area contributed by atoms with Gasteiger partial charge in [0, 0.05) is 36.6 Å². The van der Waals surface area contributed by atoms with Gasteiger partial charge in [0.2, 0.25) is 5.88 Å². The first kappa shape index (κ1) is 28.2. The normalized spacial score (nSPS) is 19.4. The molecule has 4 aromatic rings. The highest BCUT2D eigenvalue weighted by Gasteiger charge is 2.30. The molecular weight excluding hydrogens is 539 g/mol. The minimum absolute atomic E-state index is 0.115. The molecule has 2 aliphatic heterocycles. The van der Waals surface area contributed by atoms with Crippen LogP contribution >= 0.6 is 11.8 Å². The van der Waals surface area contributed by atoms with Gasteiger partial charge in [-0.05, 0) is 44.4 Å².